The molecule has 1 rings (SSSR count). The van der Waals surface area contributed by atoms with Crippen molar-refractivity contribution in [3.63, 3.8) is 0 Å². The molecule has 20 heavy (non-hydrogen) atoms. The van der Waals surface area contributed by atoms with Crippen LogP contribution in [0.25, 0.3) is 0 Å². The molecule has 0 aliphatic carbocycles. The van der Waals surface area contributed by atoms with Crippen molar-refractivity contribution in [1.29, 1.82) is 0 Å². The third kappa shape index (κ3) is 7.21. The maximum absolute atomic E-state index is 13.2. The Bertz CT molecular complexity index is 412. The van der Waals surface area contributed by atoms with Gasteiger partial charge in [0, 0.05) is 32.8 Å². The van der Waals surface area contributed by atoms with Gasteiger partial charge in [-0.3, -0.25) is 9.69 Å². The first kappa shape index (κ1) is 16.6. The number of carboxylic acids is 1. The Hall–Kier alpha value is -1.46. The maximum Gasteiger partial charge on any atom is 0.304 e. The van der Waals surface area contributed by atoms with Gasteiger partial charge in [0.05, 0.1) is 6.42 Å². The molecule has 0 atom stereocenters. The SMILES string of the molecule is CCOCCCN(CCC(=O)O)Cc1cccc(F)c1. The minimum absolute atomic E-state index is 0.0873. The van der Waals surface area contributed by atoms with Crippen molar-refractivity contribution in [2.45, 2.75) is 26.3 Å². The summed E-state index contributed by atoms with van der Waals surface area (Å²) in [6, 6.07) is 6.40. The van der Waals surface area contributed by atoms with E-state index < -0.39 is 5.97 Å². The molecule has 0 saturated carbocycles. The van der Waals surface area contributed by atoms with Crippen LogP contribution in [0.3, 0.4) is 0 Å². The second-order valence-electron chi connectivity index (χ2n) is 4.60. The van der Waals surface area contributed by atoms with Crippen molar-refractivity contribution < 1.29 is 19.0 Å². The predicted octanol–water partition coefficient (Wildman–Crippen LogP) is 2.53. The van der Waals surface area contributed by atoms with Crippen LogP contribution >= 0.6 is 0 Å². The topological polar surface area (TPSA) is 49.8 Å². The van der Waals surface area contributed by atoms with Crippen LogP contribution in [0.4, 0.5) is 4.39 Å². The van der Waals surface area contributed by atoms with Crippen molar-refractivity contribution >= 4 is 5.97 Å². The average molecular weight is 283 g/mol. The molecule has 0 saturated heterocycles. The summed E-state index contributed by atoms with van der Waals surface area (Å²) in [7, 11) is 0. The molecule has 0 radical (unpaired) electrons. The molecular formula is C15H22FNO3. The number of nitrogens with zero attached hydrogens (tertiary/aromatic N) is 1. The molecule has 0 unspecified atom stereocenters. The highest BCUT2D eigenvalue weighted by molar-refractivity contribution is 5.66. The lowest BCUT2D eigenvalue weighted by Crippen LogP contribution is -2.28. The highest BCUT2D eigenvalue weighted by Gasteiger charge is 2.09. The number of carboxylic acid groups (broad SMARTS) is 1. The maximum atomic E-state index is 13.2. The fourth-order valence-electron chi connectivity index (χ4n) is 1.95. The number of hydrogen-bond donors (Lipinski definition) is 1. The molecule has 0 spiro atoms. The van der Waals surface area contributed by atoms with E-state index in [2.05, 4.69) is 0 Å². The Balaban J connectivity index is 2.49. The van der Waals surface area contributed by atoms with Gasteiger partial charge in [-0.2, -0.15) is 0 Å². The van der Waals surface area contributed by atoms with Gasteiger partial charge >= 0.3 is 5.97 Å². The molecule has 0 fully saturated rings. The fourth-order valence-corrected chi connectivity index (χ4v) is 1.95. The van der Waals surface area contributed by atoms with Gasteiger partial charge in [-0.15, -0.1) is 0 Å². The van der Waals surface area contributed by atoms with E-state index in [1.807, 2.05) is 17.9 Å². The van der Waals surface area contributed by atoms with Crippen LogP contribution in [0, 0.1) is 5.82 Å². The van der Waals surface area contributed by atoms with Crippen LogP contribution in [0.15, 0.2) is 24.3 Å². The van der Waals surface area contributed by atoms with E-state index >= 15 is 0 Å². The monoisotopic (exact) mass is 283 g/mol. The molecular weight excluding hydrogens is 261 g/mol. The molecule has 1 N–H and O–H groups in total. The second kappa shape index (κ2) is 9.44. The summed E-state index contributed by atoms with van der Waals surface area (Å²) in [5.74, 6) is -1.09. The lowest BCUT2D eigenvalue weighted by molar-refractivity contribution is -0.137. The molecule has 4 nitrogen and oxygen atoms in total. The molecule has 1 aromatic rings. The van der Waals surface area contributed by atoms with Gasteiger partial charge in [0.2, 0.25) is 0 Å². The lowest BCUT2D eigenvalue weighted by Gasteiger charge is -2.21. The molecule has 0 bridgehead atoms. The van der Waals surface area contributed by atoms with E-state index in [-0.39, 0.29) is 12.2 Å². The standard InChI is InChI=1S/C15H22FNO3/c1-2-20-10-4-8-17(9-7-15(18)19)12-13-5-3-6-14(16)11-13/h3,5-6,11H,2,4,7-10,12H2,1H3,(H,18,19). The molecule has 0 heterocycles. The van der Waals surface area contributed by atoms with Gasteiger partial charge in [0.25, 0.3) is 0 Å². The normalized spacial score (nSPS) is 10.9. The van der Waals surface area contributed by atoms with Gasteiger partial charge in [-0.05, 0) is 31.0 Å². The van der Waals surface area contributed by atoms with E-state index in [1.54, 1.807) is 6.07 Å². The zero-order valence-corrected chi connectivity index (χ0v) is 11.8. The van der Waals surface area contributed by atoms with Crippen LogP contribution in [0.5, 0.6) is 0 Å². The summed E-state index contributed by atoms with van der Waals surface area (Å²) in [5.41, 5.74) is 0.854. The first-order valence-electron chi connectivity index (χ1n) is 6.88. The average Bonchev–Trinajstić information content (AvgIpc) is 2.40. The van der Waals surface area contributed by atoms with Crippen LogP contribution in [-0.4, -0.2) is 42.3 Å². The van der Waals surface area contributed by atoms with Gasteiger partial charge in [0.1, 0.15) is 5.82 Å². The molecule has 0 amide bonds. The Kier molecular flexibility index (Phi) is 7.84. The zero-order valence-electron chi connectivity index (χ0n) is 11.8. The van der Waals surface area contributed by atoms with Gasteiger partial charge in [-0.25, -0.2) is 4.39 Å². The third-order valence-corrected chi connectivity index (χ3v) is 2.90. The zero-order chi connectivity index (χ0) is 14.8. The Morgan fingerprint density at radius 1 is 1.40 bits per heavy atom. The van der Waals surface area contributed by atoms with Crippen LogP contribution < -0.4 is 0 Å². The van der Waals surface area contributed by atoms with Crippen molar-refractivity contribution in [3.05, 3.63) is 35.6 Å². The first-order valence-corrected chi connectivity index (χ1v) is 6.88. The number of rotatable bonds is 10. The summed E-state index contributed by atoms with van der Waals surface area (Å²) in [6.07, 6.45) is 0.923. The number of benzene rings is 1. The number of aliphatic carboxylic acids is 1. The van der Waals surface area contributed by atoms with E-state index in [1.165, 1.54) is 12.1 Å². The van der Waals surface area contributed by atoms with E-state index in [9.17, 15) is 9.18 Å². The number of hydrogen-bond acceptors (Lipinski definition) is 3. The first-order chi connectivity index (χ1) is 9.61. The minimum Gasteiger partial charge on any atom is -0.481 e. The molecule has 0 aromatic heterocycles. The van der Waals surface area contributed by atoms with Crippen LogP contribution in [-0.2, 0) is 16.1 Å². The summed E-state index contributed by atoms with van der Waals surface area (Å²) >= 11 is 0. The van der Waals surface area contributed by atoms with E-state index in [4.69, 9.17) is 9.84 Å². The molecule has 0 aliphatic rings. The lowest BCUT2D eigenvalue weighted by atomic mass is 10.2. The van der Waals surface area contributed by atoms with Gasteiger partial charge in [-0.1, -0.05) is 12.1 Å². The van der Waals surface area contributed by atoms with Crippen molar-refractivity contribution in [2.24, 2.45) is 0 Å². The molecule has 1 aromatic carbocycles. The van der Waals surface area contributed by atoms with Gasteiger partial charge < -0.3 is 9.84 Å². The Labute approximate surface area is 119 Å². The van der Waals surface area contributed by atoms with Crippen molar-refractivity contribution in [2.75, 3.05) is 26.3 Å². The molecule has 5 heteroatoms. The summed E-state index contributed by atoms with van der Waals surface area (Å²) in [6.45, 7) is 5.02. The number of ether oxygens (including phenoxy) is 1. The summed E-state index contributed by atoms with van der Waals surface area (Å²) in [5, 5.41) is 8.77. The Morgan fingerprint density at radius 2 is 2.20 bits per heavy atom. The highest BCUT2D eigenvalue weighted by atomic mass is 19.1. The fraction of sp³-hybridized carbons (Fsp3) is 0.533. The highest BCUT2D eigenvalue weighted by Crippen LogP contribution is 2.08. The van der Waals surface area contributed by atoms with Crippen molar-refractivity contribution in [1.82, 2.24) is 4.90 Å². The van der Waals surface area contributed by atoms with E-state index in [0.717, 1.165) is 18.5 Å². The minimum atomic E-state index is -0.820. The predicted molar refractivity (Wildman–Crippen MR) is 75.0 cm³/mol. The van der Waals surface area contributed by atoms with Gasteiger partial charge in [0.15, 0.2) is 0 Å². The summed E-state index contributed by atoms with van der Waals surface area (Å²) < 4.78 is 18.4. The van der Waals surface area contributed by atoms with Crippen LogP contribution in [0.1, 0.15) is 25.3 Å². The molecule has 112 valence electrons. The van der Waals surface area contributed by atoms with Crippen molar-refractivity contribution in [3.8, 4) is 0 Å². The smallest absolute Gasteiger partial charge is 0.304 e. The third-order valence-electron chi connectivity index (χ3n) is 2.90. The second-order valence-corrected chi connectivity index (χ2v) is 4.60. The molecule has 0 aliphatic heterocycles. The summed E-state index contributed by atoms with van der Waals surface area (Å²) in [4.78, 5) is 12.7. The largest absolute Gasteiger partial charge is 0.481 e. The quantitative estimate of drug-likeness (QED) is 0.670. The Morgan fingerprint density at radius 3 is 2.85 bits per heavy atom. The number of halogens is 1. The van der Waals surface area contributed by atoms with Crippen LogP contribution in [0.2, 0.25) is 0 Å². The number of carbonyl (C=O) groups is 1. The van der Waals surface area contributed by atoms with E-state index in [0.29, 0.717) is 26.3 Å².